The standard InChI is InChI=1S/C14H29NO2/c1-4-5-6-7-8-9-10-11-13(17)15-14(2,3)12-16/h16H,4-12H2,1-3H3,(H,15,17). The van der Waals surface area contributed by atoms with Gasteiger partial charge in [0.15, 0.2) is 0 Å². The molecule has 0 aromatic rings. The zero-order chi connectivity index (χ0) is 13.1. The first kappa shape index (κ1) is 16.4. The van der Waals surface area contributed by atoms with Gasteiger partial charge in [0.2, 0.25) is 5.91 Å². The minimum Gasteiger partial charge on any atom is -0.394 e. The number of rotatable bonds is 10. The molecule has 0 atom stereocenters. The van der Waals surface area contributed by atoms with Gasteiger partial charge in [0.05, 0.1) is 12.1 Å². The molecular weight excluding hydrogens is 214 g/mol. The Bertz CT molecular complexity index is 202. The number of carbonyl (C=O) groups is 1. The van der Waals surface area contributed by atoms with E-state index in [2.05, 4.69) is 12.2 Å². The Morgan fingerprint density at radius 1 is 1.06 bits per heavy atom. The predicted molar refractivity (Wildman–Crippen MR) is 71.9 cm³/mol. The Balaban J connectivity index is 3.40. The Morgan fingerprint density at radius 3 is 2.12 bits per heavy atom. The summed E-state index contributed by atoms with van der Waals surface area (Å²) >= 11 is 0. The van der Waals surface area contributed by atoms with Crippen LogP contribution in [0.15, 0.2) is 0 Å². The molecular formula is C14H29NO2. The monoisotopic (exact) mass is 243 g/mol. The summed E-state index contributed by atoms with van der Waals surface area (Å²) in [6.07, 6.45) is 9.12. The number of hydrogen-bond acceptors (Lipinski definition) is 2. The molecule has 0 aromatic heterocycles. The highest BCUT2D eigenvalue weighted by Crippen LogP contribution is 2.09. The van der Waals surface area contributed by atoms with Crippen molar-refractivity contribution >= 4 is 5.91 Å². The molecule has 0 rings (SSSR count). The van der Waals surface area contributed by atoms with Gasteiger partial charge in [-0.1, -0.05) is 45.4 Å². The van der Waals surface area contributed by atoms with Gasteiger partial charge in [0.1, 0.15) is 0 Å². The maximum Gasteiger partial charge on any atom is 0.220 e. The van der Waals surface area contributed by atoms with Crippen LogP contribution in [0.4, 0.5) is 0 Å². The fraction of sp³-hybridized carbons (Fsp3) is 0.929. The summed E-state index contributed by atoms with van der Waals surface area (Å²) in [5, 5.41) is 11.8. The summed E-state index contributed by atoms with van der Waals surface area (Å²) in [5.74, 6) is 0.0533. The summed E-state index contributed by atoms with van der Waals surface area (Å²) in [6, 6.07) is 0. The van der Waals surface area contributed by atoms with Crippen LogP contribution in [0.3, 0.4) is 0 Å². The molecule has 0 aliphatic heterocycles. The van der Waals surface area contributed by atoms with Gasteiger partial charge in [-0.2, -0.15) is 0 Å². The van der Waals surface area contributed by atoms with E-state index in [1.54, 1.807) is 0 Å². The first-order valence-corrected chi connectivity index (χ1v) is 6.93. The first-order valence-electron chi connectivity index (χ1n) is 6.93. The van der Waals surface area contributed by atoms with Crippen LogP contribution in [0.25, 0.3) is 0 Å². The predicted octanol–water partition coefficient (Wildman–Crippen LogP) is 3.01. The van der Waals surface area contributed by atoms with Gasteiger partial charge in [0, 0.05) is 6.42 Å². The van der Waals surface area contributed by atoms with E-state index in [1.807, 2.05) is 13.8 Å². The van der Waals surface area contributed by atoms with Gasteiger partial charge >= 0.3 is 0 Å². The van der Waals surface area contributed by atoms with Gasteiger partial charge in [-0.15, -0.1) is 0 Å². The summed E-state index contributed by atoms with van der Waals surface area (Å²) in [7, 11) is 0. The Morgan fingerprint density at radius 2 is 1.59 bits per heavy atom. The SMILES string of the molecule is CCCCCCCCCC(=O)NC(C)(C)CO. The third-order valence-electron chi connectivity index (χ3n) is 2.88. The molecule has 0 fully saturated rings. The molecule has 0 spiro atoms. The molecule has 0 aliphatic carbocycles. The van der Waals surface area contributed by atoms with Gasteiger partial charge < -0.3 is 10.4 Å². The quantitative estimate of drug-likeness (QED) is 0.579. The smallest absolute Gasteiger partial charge is 0.220 e. The van der Waals surface area contributed by atoms with Crippen LogP contribution in [-0.2, 0) is 4.79 Å². The molecule has 0 saturated carbocycles. The Labute approximate surface area is 106 Å². The van der Waals surface area contributed by atoms with Crippen LogP contribution in [0, 0.1) is 0 Å². The zero-order valence-electron chi connectivity index (χ0n) is 11.7. The van der Waals surface area contributed by atoms with Crippen LogP contribution in [0.5, 0.6) is 0 Å². The molecule has 1 amide bonds. The fourth-order valence-electron chi connectivity index (χ4n) is 1.72. The highest BCUT2D eigenvalue weighted by molar-refractivity contribution is 5.76. The van der Waals surface area contributed by atoms with Gasteiger partial charge in [-0.05, 0) is 20.3 Å². The number of amides is 1. The molecule has 3 nitrogen and oxygen atoms in total. The third-order valence-corrected chi connectivity index (χ3v) is 2.88. The van der Waals surface area contributed by atoms with Crippen molar-refractivity contribution in [1.29, 1.82) is 0 Å². The van der Waals surface area contributed by atoms with Crippen molar-refractivity contribution in [3.8, 4) is 0 Å². The van der Waals surface area contributed by atoms with E-state index in [1.165, 1.54) is 32.1 Å². The number of aliphatic hydroxyl groups is 1. The highest BCUT2D eigenvalue weighted by Gasteiger charge is 2.18. The topological polar surface area (TPSA) is 49.3 Å². The second-order valence-electron chi connectivity index (χ2n) is 5.46. The van der Waals surface area contributed by atoms with E-state index in [0.717, 1.165) is 12.8 Å². The van der Waals surface area contributed by atoms with Crippen LogP contribution >= 0.6 is 0 Å². The molecule has 0 aromatic carbocycles. The first-order chi connectivity index (χ1) is 8.02. The number of nitrogens with one attached hydrogen (secondary N) is 1. The molecule has 0 saturated heterocycles. The summed E-state index contributed by atoms with van der Waals surface area (Å²) in [5.41, 5.74) is -0.488. The van der Waals surface area contributed by atoms with Crippen molar-refractivity contribution in [2.24, 2.45) is 0 Å². The number of carbonyl (C=O) groups excluding carboxylic acids is 1. The fourth-order valence-corrected chi connectivity index (χ4v) is 1.72. The molecule has 2 N–H and O–H groups in total. The van der Waals surface area contributed by atoms with Gasteiger partial charge in [-0.25, -0.2) is 0 Å². The highest BCUT2D eigenvalue weighted by atomic mass is 16.3. The molecule has 0 unspecified atom stereocenters. The minimum atomic E-state index is -0.488. The number of aliphatic hydroxyl groups excluding tert-OH is 1. The Hall–Kier alpha value is -0.570. The molecule has 0 bridgehead atoms. The summed E-state index contributed by atoms with van der Waals surface area (Å²) in [4.78, 5) is 11.5. The lowest BCUT2D eigenvalue weighted by atomic mass is 10.1. The van der Waals surface area contributed by atoms with Crippen molar-refractivity contribution in [3.05, 3.63) is 0 Å². The molecule has 3 heteroatoms. The second kappa shape index (κ2) is 9.46. The molecule has 0 heterocycles. The minimum absolute atomic E-state index is 0.0181. The lowest BCUT2D eigenvalue weighted by Gasteiger charge is -2.23. The maximum atomic E-state index is 11.5. The molecule has 17 heavy (non-hydrogen) atoms. The molecule has 0 radical (unpaired) electrons. The van der Waals surface area contributed by atoms with Crippen molar-refractivity contribution in [3.63, 3.8) is 0 Å². The zero-order valence-corrected chi connectivity index (χ0v) is 11.7. The van der Waals surface area contributed by atoms with E-state index in [-0.39, 0.29) is 12.5 Å². The summed E-state index contributed by atoms with van der Waals surface area (Å²) in [6.45, 7) is 5.86. The van der Waals surface area contributed by atoms with Crippen LogP contribution in [0.2, 0.25) is 0 Å². The summed E-state index contributed by atoms with van der Waals surface area (Å²) < 4.78 is 0. The number of unbranched alkanes of at least 4 members (excludes halogenated alkanes) is 6. The van der Waals surface area contributed by atoms with Crippen LogP contribution < -0.4 is 5.32 Å². The van der Waals surface area contributed by atoms with Crippen LogP contribution in [-0.4, -0.2) is 23.2 Å². The van der Waals surface area contributed by atoms with Crippen molar-refractivity contribution < 1.29 is 9.90 Å². The van der Waals surface area contributed by atoms with E-state index in [0.29, 0.717) is 6.42 Å². The lowest BCUT2D eigenvalue weighted by molar-refractivity contribution is -0.123. The lowest BCUT2D eigenvalue weighted by Crippen LogP contribution is -2.46. The largest absolute Gasteiger partial charge is 0.394 e. The number of hydrogen-bond donors (Lipinski definition) is 2. The van der Waals surface area contributed by atoms with Crippen molar-refractivity contribution in [2.75, 3.05) is 6.61 Å². The third kappa shape index (κ3) is 10.3. The van der Waals surface area contributed by atoms with Crippen LogP contribution in [0.1, 0.15) is 72.1 Å². The maximum absolute atomic E-state index is 11.5. The van der Waals surface area contributed by atoms with E-state index in [4.69, 9.17) is 5.11 Å². The van der Waals surface area contributed by atoms with Gasteiger partial charge in [0.25, 0.3) is 0 Å². The second-order valence-corrected chi connectivity index (χ2v) is 5.46. The van der Waals surface area contributed by atoms with E-state index >= 15 is 0 Å². The van der Waals surface area contributed by atoms with Gasteiger partial charge in [-0.3, -0.25) is 4.79 Å². The molecule has 102 valence electrons. The van der Waals surface area contributed by atoms with Crippen molar-refractivity contribution in [2.45, 2.75) is 77.7 Å². The normalized spacial score (nSPS) is 11.5. The average molecular weight is 243 g/mol. The Kier molecular flexibility index (Phi) is 9.14. The van der Waals surface area contributed by atoms with E-state index in [9.17, 15) is 4.79 Å². The van der Waals surface area contributed by atoms with E-state index < -0.39 is 5.54 Å². The molecule has 0 aliphatic rings. The van der Waals surface area contributed by atoms with Crippen molar-refractivity contribution in [1.82, 2.24) is 5.32 Å². The average Bonchev–Trinajstić information content (AvgIpc) is 2.27.